The molecule has 2 rings (SSSR count). The van der Waals surface area contributed by atoms with E-state index in [1.807, 2.05) is 68.4 Å². The van der Waals surface area contributed by atoms with E-state index in [2.05, 4.69) is 5.32 Å². The highest BCUT2D eigenvalue weighted by Gasteiger charge is 2.28. The van der Waals surface area contributed by atoms with Gasteiger partial charge in [-0.3, -0.25) is 9.59 Å². The number of carboxylic acids is 1. The number of carbonyl (C=O) groups is 2. The van der Waals surface area contributed by atoms with E-state index >= 15 is 0 Å². The first-order valence-electron chi connectivity index (χ1n) is 7.61. The Kier molecular flexibility index (Phi) is 5.52. The average Bonchev–Trinajstić information content (AvgIpc) is 2.55. The molecule has 120 valence electrons. The lowest BCUT2D eigenvalue weighted by atomic mass is 9.85. The van der Waals surface area contributed by atoms with Gasteiger partial charge in [0.2, 0.25) is 5.91 Å². The van der Waals surface area contributed by atoms with Crippen LogP contribution in [0.3, 0.4) is 0 Å². The first-order chi connectivity index (χ1) is 11.0. The quantitative estimate of drug-likeness (QED) is 0.852. The van der Waals surface area contributed by atoms with Crippen LogP contribution in [0.15, 0.2) is 54.6 Å². The number of carbonyl (C=O) groups excluding carboxylic acids is 1. The van der Waals surface area contributed by atoms with Crippen LogP contribution in [0.1, 0.15) is 30.4 Å². The predicted molar refractivity (Wildman–Crippen MR) is 90.4 cm³/mol. The van der Waals surface area contributed by atoms with Gasteiger partial charge in [-0.15, -0.1) is 0 Å². The number of rotatable bonds is 6. The minimum atomic E-state index is -0.958. The normalized spacial score (nSPS) is 13.1. The van der Waals surface area contributed by atoms with Gasteiger partial charge in [0.05, 0.1) is 5.92 Å². The van der Waals surface area contributed by atoms with Gasteiger partial charge in [0.15, 0.2) is 0 Å². The van der Waals surface area contributed by atoms with Crippen molar-refractivity contribution in [2.24, 2.45) is 5.92 Å². The zero-order valence-corrected chi connectivity index (χ0v) is 13.3. The van der Waals surface area contributed by atoms with Crippen LogP contribution in [-0.2, 0) is 9.59 Å². The molecule has 0 aliphatic rings. The van der Waals surface area contributed by atoms with Crippen molar-refractivity contribution in [2.75, 3.05) is 5.32 Å². The van der Waals surface area contributed by atoms with Gasteiger partial charge in [-0.25, -0.2) is 0 Å². The van der Waals surface area contributed by atoms with E-state index in [4.69, 9.17) is 0 Å². The third-order valence-corrected chi connectivity index (χ3v) is 3.99. The Labute approximate surface area is 136 Å². The molecule has 0 spiro atoms. The lowest BCUT2D eigenvalue weighted by molar-refractivity contribution is -0.144. The van der Waals surface area contributed by atoms with E-state index in [1.54, 1.807) is 0 Å². The van der Waals surface area contributed by atoms with Crippen molar-refractivity contribution in [2.45, 2.75) is 26.2 Å². The number of aliphatic carboxylic acids is 1. The first-order valence-corrected chi connectivity index (χ1v) is 7.61. The van der Waals surface area contributed by atoms with Crippen LogP contribution in [-0.4, -0.2) is 17.0 Å². The minimum Gasteiger partial charge on any atom is -0.481 e. The summed E-state index contributed by atoms with van der Waals surface area (Å²) in [4.78, 5) is 23.7. The fraction of sp³-hybridized carbons (Fsp3) is 0.263. The van der Waals surface area contributed by atoms with Crippen LogP contribution in [0.5, 0.6) is 0 Å². The van der Waals surface area contributed by atoms with Crippen LogP contribution in [0, 0.1) is 12.8 Å². The number of nitrogens with one attached hydrogen (secondary N) is 1. The van der Waals surface area contributed by atoms with E-state index in [-0.39, 0.29) is 18.2 Å². The molecule has 0 saturated carbocycles. The predicted octanol–water partition coefficient (Wildman–Crippen LogP) is 3.83. The Morgan fingerprint density at radius 2 is 1.65 bits per heavy atom. The Hall–Kier alpha value is -2.62. The fourth-order valence-electron chi connectivity index (χ4n) is 2.52. The molecule has 0 aromatic heterocycles. The molecule has 2 N–H and O–H groups in total. The third-order valence-electron chi connectivity index (χ3n) is 3.99. The molecule has 0 bridgehead atoms. The summed E-state index contributed by atoms with van der Waals surface area (Å²) in [5.41, 5.74) is 2.70. The summed E-state index contributed by atoms with van der Waals surface area (Å²) in [5.74, 6) is -2.25. The molecule has 2 aromatic carbocycles. The van der Waals surface area contributed by atoms with E-state index in [0.717, 1.165) is 11.1 Å². The molecule has 0 heterocycles. The Morgan fingerprint density at radius 1 is 1.04 bits per heavy atom. The molecule has 0 aliphatic carbocycles. The second kappa shape index (κ2) is 7.58. The SMILES string of the molecule is Cc1ccc(NC(=O)CC(C(=O)O)C(C)c2ccccc2)cc1. The van der Waals surface area contributed by atoms with Crippen molar-refractivity contribution in [3.63, 3.8) is 0 Å². The summed E-state index contributed by atoms with van der Waals surface area (Å²) in [6.45, 7) is 3.81. The highest BCUT2D eigenvalue weighted by atomic mass is 16.4. The zero-order valence-electron chi connectivity index (χ0n) is 13.3. The molecular formula is C19H21NO3. The molecule has 0 radical (unpaired) electrons. The maximum Gasteiger partial charge on any atom is 0.307 e. The molecule has 0 aliphatic heterocycles. The number of hydrogen-bond acceptors (Lipinski definition) is 2. The number of benzene rings is 2. The molecule has 1 amide bonds. The summed E-state index contributed by atoms with van der Waals surface area (Å²) in [5, 5.41) is 12.2. The Morgan fingerprint density at radius 3 is 2.22 bits per heavy atom. The van der Waals surface area contributed by atoms with Gasteiger partial charge < -0.3 is 10.4 Å². The molecule has 4 nitrogen and oxygen atoms in total. The molecule has 23 heavy (non-hydrogen) atoms. The number of amides is 1. The van der Waals surface area contributed by atoms with E-state index in [0.29, 0.717) is 5.69 Å². The van der Waals surface area contributed by atoms with E-state index < -0.39 is 11.9 Å². The summed E-state index contributed by atoms with van der Waals surface area (Å²) < 4.78 is 0. The van der Waals surface area contributed by atoms with Crippen LogP contribution in [0.25, 0.3) is 0 Å². The lowest BCUT2D eigenvalue weighted by Gasteiger charge is -2.20. The summed E-state index contributed by atoms with van der Waals surface area (Å²) in [6.07, 6.45) is -0.0563. The summed E-state index contributed by atoms with van der Waals surface area (Å²) in [6, 6.07) is 16.8. The smallest absolute Gasteiger partial charge is 0.307 e. The summed E-state index contributed by atoms with van der Waals surface area (Å²) >= 11 is 0. The number of aryl methyl sites for hydroxylation is 1. The second-order valence-corrected chi connectivity index (χ2v) is 5.76. The van der Waals surface area contributed by atoms with Crippen LogP contribution >= 0.6 is 0 Å². The van der Waals surface area contributed by atoms with Gasteiger partial charge >= 0.3 is 5.97 Å². The van der Waals surface area contributed by atoms with Gasteiger partial charge in [-0.1, -0.05) is 55.0 Å². The standard InChI is InChI=1S/C19H21NO3/c1-13-8-10-16(11-9-13)20-18(21)12-17(19(22)23)14(2)15-6-4-3-5-7-15/h3-11,14,17H,12H2,1-2H3,(H,20,21)(H,22,23). The van der Waals surface area contributed by atoms with Crippen molar-refractivity contribution in [1.82, 2.24) is 0 Å². The van der Waals surface area contributed by atoms with Crippen molar-refractivity contribution in [1.29, 1.82) is 0 Å². The van der Waals surface area contributed by atoms with Gasteiger partial charge in [-0.05, 0) is 30.5 Å². The molecule has 2 unspecified atom stereocenters. The molecule has 0 fully saturated rings. The first kappa shape index (κ1) is 16.7. The third kappa shape index (κ3) is 4.68. The fourth-order valence-corrected chi connectivity index (χ4v) is 2.52. The van der Waals surface area contributed by atoms with Crippen molar-refractivity contribution < 1.29 is 14.7 Å². The number of anilines is 1. The topological polar surface area (TPSA) is 66.4 Å². The number of carboxylic acid groups (broad SMARTS) is 1. The lowest BCUT2D eigenvalue weighted by Crippen LogP contribution is -2.26. The molecular weight excluding hydrogens is 290 g/mol. The molecule has 2 atom stereocenters. The van der Waals surface area contributed by atoms with E-state index in [9.17, 15) is 14.7 Å². The van der Waals surface area contributed by atoms with Crippen LogP contribution in [0.2, 0.25) is 0 Å². The monoisotopic (exact) mass is 311 g/mol. The Bertz CT molecular complexity index is 665. The van der Waals surface area contributed by atoms with Gasteiger partial charge in [0, 0.05) is 12.1 Å². The van der Waals surface area contributed by atoms with Crippen LogP contribution in [0.4, 0.5) is 5.69 Å². The molecule has 2 aromatic rings. The van der Waals surface area contributed by atoms with Gasteiger partial charge in [0.25, 0.3) is 0 Å². The highest BCUT2D eigenvalue weighted by Crippen LogP contribution is 2.27. The van der Waals surface area contributed by atoms with Crippen molar-refractivity contribution >= 4 is 17.6 Å². The minimum absolute atomic E-state index is 0.0563. The van der Waals surface area contributed by atoms with E-state index in [1.165, 1.54) is 0 Å². The largest absolute Gasteiger partial charge is 0.481 e. The number of hydrogen-bond donors (Lipinski definition) is 2. The van der Waals surface area contributed by atoms with Gasteiger partial charge in [-0.2, -0.15) is 0 Å². The maximum atomic E-state index is 12.2. The maximum absolute atomic E-state index is 12.2. The zero-order chi connectivity index (χ0) is 16.8. The molecule has 4 heteroatoms. The average molecular weight is 311 g/mol. The Balaban J connectivity index is 2.05. The van der Waals surface area contributed by atoms with Gasteiger partial charge in [0.1, 0.15) is 0 Å². The van der Waals surface area contributed by atoms with Crippen molar-refractivity contribution in [3.05, 3.63) is 65.7 Å². The molecule has 0 saturated heterocycles. The summed E-state index contributed by atoms with van der Waals surface area (Å²) in [7, 11) is 0. The van der Waals surface area contributed by atoms with Crippen LogP contribution < -0.4 is 5.32 Å². The second-order valence-electron chi connectivity index (χ2n) is 5.76. The highest BCUT2D eigenvalue weighted by molar-refractivity contribution is 5.93. The van der Waals surface area contributed by atoms with Crippen molar-refractivity contribution in [3.8, 4) is 0 Å².